The molecular weight excluding hydrogens is 270 g/mol. The number of anilines is 1. The van der Waals surface area contributed by atoms with Gasteiger partial charge in [0, 0.05) is 16.7 Å². The number of hydrogen-bond acceptors (Lipinski definition) is 2. The minimum absolute atomic E-state index is 0.185. The van der Waals surface area contributed by atoms with E-state index in [9.17, 15) is 4.79 Å². The van der Waals surface area contributed by atoms with Crippen molar-refractivity contribution in [2.75, 3.05) is 11.9 Å². The number of carbonyl (C=O) groups is 1. The minimum atomic E-state index is -0.301. The van der Waals surface area contributed by atoms with Crippen molar-refractivity contribution in [2.45, 2.75) is 6.92 Å². The van der Waals surface area contributed by atoms with E-state index in [1.165, 1.54) is 0 Å². The molecule has 0 heterocycles. The number of nitrogens with one attached hydrogen (secondary N) is 2. The summed E-state index contributed by atoms with van der Waals surface area (Å²) in [6.45, 7) is 2.10. The van der Waals surface area contributed by atoms with Gasteiger partial charge in [0.25, 0.3) is 0 Å². The van der Waals surface area contributed by atoms with Crippen molar-refractivity contribution in [3.8, 4) is 6.07 Å². The number of nitriles is 1. The van der Waals surface area contributed by atoms with E-state index in [1.54, 1.807) is 19.1 Å². The second-order valence-corrected chi connectivity index (χ2v) is 4.29. The summed E-state index contributed by atoms with van der Waals surface area (Å²) in [4.78, 5) is 11.4. The van der Waals surface area contributed by atoms with Crippen LogP contribution in [0.25, 0.3) is 0 Å². The molecule has 0 saturated heterocycles. The van der Waals surface area contributed by atoms with E-state index in [0.717, 1.165) is 4.47 Å². The predicted molar refractivity (Wildman–Crippen MR) is 65.9 cm³/mol. The second kappa shape index (κ2) is 6.13. The van der Waals surface area contributed by atoms with E-state index in [1.807, 2.05) is 18.2 Å². The standard InChI is InChI=1S/C11H12BrN3O/c1-8(6-13)7-14-11(16)15-10-4-2-9(12)3-5-10/h2-5,8H,7H2,1H3,(H2,14,15,16)/t8-/m1/s1. The van der Waals surface area contributed by atoms with E-state index in [0.29, 0.717) is 12.2 Å². The molecule has 0 spiro atoms. The normalized spacial score (nSPS) is 11.3. The highest BCUT2D eigenvalue weighted by Gasteiger charge is 2.04. The van der Waals surface area contributed by atoms with Crippen molar-refractivity contribution in [1.82, 2.24) is 5.32 Å². The summed E-state index contributed by atoms with van der Waals surface area (Å²) in [7, 11) is 0. The fraction of sp³-hybridized carbons (Fsp3) is 0.273. The topological polar surface area (TPSA) is 64.9 Å². The van der Waals surface area contributed by atoms with Crippen LogP contribution >= 0.6 is 15.9 Å². The maximum atomic E-state index is 11.4. The van der Waals surface area contributed by atoms with Crippen LogP contribution in [0.5, 0.6) is 0 Å². The smallest absolute Gasteiger partial charge is 0.319 e. The van der Waals surface area contributed by atoms with Crippen LogP contribution < -0.4 is 10.6 Å². The maximum Gasteiger partial charge on any atom is 0.319 e. The maximum absolute atomic E-state index is 11.4. The molecule has 5 heteroatoms. The van der Waals surface area contributed by atoms with Crippen molar-refractivity contribution >= 4 is 27.6 Å². The summed E-state index contributed by atoms with van der Waals surface area (Å²) >= 11 is 3.31. The lowest BCUT2D eigenvalue weighted by molar-refractivity contribution is 0.251. The monoisotopic (exact) mass is 281 g/mol. The Labute approximate surface area is 103 Å². The summed E-state index contributed by atoms with van der Waals surface area (Å²) in [6.07, 6.45) is 0. The highest BCUT2D eigenvalue weighted by molar-refractivity contribution is 9.10. The van der Waals surface area contributed by atoms with Crippen LogP contribution in [0.3, 0.4) is 0 Å². The molecule has 1 rings (SSSR count). The molecule has 16 heavy (non-hydrogen) atoms. The van der Waals surface area contributed by atoms with Crippen LogP contribution in [-0.4, -0.2) is 12.6 Å². The van der Waals surface area contributed by atoms with Gasteiger partial charge in [0.2, 0.25) is 0 Å². The number of rotatable bonds is 3. The van der Waals surface area contributed by atoms with Crippen molar-refractivity contribution in [3.63, 3.8) is 0 Å². The third kappa shape index (κ3) is 4.32. The Morgan fingerprint density at radius 3 is 2.69 bits per heavy atom. The van der Waals surface area contributed by atoms with Gasteiger partial charge in [0.05, 0.1) is 12.0 Å². The van der Waals surface area contributed by atoms with Crippen LogP contribution in [0.4, 0.5) is 10.5 Å². The summed E-state index contributed by atoms with van der Waals surface area (Å²) in [5, 5.41) is 13.8. The number of nitrogens with zero attached hydrogens (tertiary/aromatic N) is 1. The Hall–Kier alpha value is -1.54. The van der Waals surface area contributed by atoms with Gasteiger partial charge in [0.1, 0.15) is 0 Å². The molecule has 0 aromatic heterocycles. The first-order chi connectivity index (χ1) is 7.61. The van der Waals surface area contributed by atoms with Gasteiger partial charge in [-0.05, 0) is 31.2 Å². The molecule has 0 aliphatic heterocycles. The Bertz CT molecular complexity index is 397. The minimum Gasteiger partial charge on any atom is -0.337 e. The van der Waals surface area contributed by atoms with E-state index in [4.69, 9.17) is 5.26 Å². The van der Waals surface area contributed by atoms with Gasteiger partial charge in [-0.2, -0.15) is 5.26 Å². The number of benzene rings is 1. The number of halogens is 1. The van der Waals surface area contributed by atoms with Crippen molar-refractivity contribution < 1.29 is 4.79 Å². The van der Waals surface area contributed by atoms with Gasteiger partial charge in [0.15, 0.2) is 0 Å². The number of carbonyl (C=O) groups excluding carboxylic acids is 1. The molecule has 0 fully saturated rings. The molecule has 1 atom stereocenters. The molecule has 0 unspecified atom stereocenters. The molecule has 4 nitrogen and oxygen atoms in total. The molecule has 2 N–H and O–H groups in total. The zero-order valence-electron chi connectivity index (χ0n) is 8.83. The molecule has 84 valence electrons. The van der Waals surface area contributed by atoms with Crippen molar-refractivity contribution in [1.29, 1.82) is 5.26 Å². The van der Waals surface area contributed by atoms with E-state index >= 15 is 0 Å². The van der Waals surface area contributed by atoms with Crippen LogP contribution in [0.2, 0.25) is 0 Å². The Kier molecular flexibility index (Phi) is 4.80. The first-order valence-electron chi connectivity index (χ1n) is 4.82. The molecule has 0 radical (unpaired) electrons. The molecule has 2 amide bonds. The number of amides is 2. The zero-order valence-corrected chi connectivity index (χ0v) is 10.4. The van der Waals surface area contributed by atoms with E-state index < -0.39 is 0 Å². The molecule has 0 aliphatic rings. The van der Waals surface area contributed by atoms with Gasteiger partial charge in [-0.3, -0.25) is 0 Å². The lowest BCUT2D eigenvalue weighted by Crippen LogP contribution is -2.31. The van der Waals surface area contributed by atoms with E-state index in [2.05, 4.69) is 26.6 Å². The summed E-state index contributed by atoms with van der Waals surface area (Å²) in [5.41, 5.74) is 0.713. The number of urea groups is 1. The van der Waals surface area contributed by atoms with Gasteiger partial charge in [-0.25, -0.2) is 4.79 Å². The van der Waals surface area contributed by atoms with Crippen LogP contribution in [0.1, 0.15) is 6.92 Å². The van der Waals surface area contributed by atoms with E-state index in [-0.39, 0.29) is 11.9 Å². The Morgan fingerprint density at radius 1 is 1.50 bits per heavy atom. The summed E-state index contributed by atoms with van der Waals surface area (Å²) in [5.74, 6) is -0.185. The third-order valence-electron chi connectivity index (χ3n) is 1.89. The number of hydrogen-bond donors (Lipinski definition) is 2. The zero-order chi connectivity index (χ0) is 12.0. The molecule has 0 bridgehead atoms. The fourth-order valence-electron chi connectivity index (χ4n) is 1.000. The van der Waals surface area contributed by atoms with Crippen molar-refractivity contribution in [2.24, 2.45) is 5.92 Å². The molecule has 0 aliphatic carbocycles. The predicted octanol–water partition coefficient (Wildman–Crippen LogP) is 2.73. The molecule has 1 aromatic rings. The van der Waals surface area contributed by atoms with Gasteiger partial charge >= 0.3 is 6.03 Å². The first-order valence-corrected chi connectivity index (χ1v) is 5.61. The van der Waals surface area contributed by atoms with Crippen LogP contribution in [0.15, 0.2) is 28.7 Å². The second-order valence-electron chi connectivity index (χ2n) is 3.37. The molecule has 0 saturated carbocycles. The average Bonchev–Trinajstić information content (AvgIpc) is 2.29. The SMILES string of the molecule is C[C@H](C#N)CNC(=O)Nc1ccc(Br)cc1. The highest BCUT2D eigenvalue weighted by Crippen LogP contribution is 2.13. The highest BCUT2D eigenvalue weighted by atomic mass is 79.9. The van der Waals surface area contributed by atoms with Gasteiger partial charge in [-0.1, -0.05) is 15.9 Å². The van der Waals surface area contributed by atoms with Crippen LogP contribution in [-0.2, 0) is 0 Å². The van der Waals surface area contributed by atoms with Crippen molar-refractivity contribution in [3.05, 3.63) is 28.7 Å². The largest absolute Gasteiger partial charge is 0.337 e. The average molecular weight is 282 g/mol. The fourth-order valence-corrected chi connectivity index (χ4v) is 1.26. The molecule has 1 aromatic carbocycles. The van der Waals surface area contributed by atoms with Gasteiger partial charge < -0.3 is 10.6 Å². The lowest BCUT2D eigenvalue weighted by atomic mass is 10.2. The Balaban J connectivity index is 2.40. The molecular formula is C11H12BrN3O. The Morgan fingerprint density at radius 2 is 2.12 bits per heavy atom. The summed E-state index contributed by atoms with van der Waals surface area (Å²) < 4.78 is 0.955. The quantitative estimate of drug-likeness (QED) is 0.895. The first kappa shape index (κ1) is 12.5. The van der Waals surface area contributed by atoms with Crippen LogP contribution in [0, 0.1) is 17.2 Å². The van der Waals surface area contributed by atoms with Gasteiger partial charge in [-0.15, -0.1) is 0 Å². The third-order valence-corrected chi connectivity index (χ3v) is 2.42. The lowest BCUT2D eigenvalue weighted by Gasteiger charge is -2.08. The summed E-state index contributed by atoms with van der Waals surface area (Å²) in [6, 6.07) is 9.00.